The summed E-state index contributed by atoms with van der Waals surface area (Å²) < 4.78 is 2.31. The van der Waals surface area contributed by atoms with Gasteiger partial charge in [-0.1, -0.05) is 20.8 Å². The molecule has 1 unspecified atom stereocenters. The summed E-state index contributed by atoms with van der Waals surface area (Å²) in [6.07, 6.45) is 3.16. The first-order valence-electron chi connectivity index (χ1n) is 6.28. The molecule has 0 aliphatic rings. The van der Waals surface area contributed by atoms with Gasteiger partial charge >= 0.3 is 0 Å². The number of hydrogen-bond donors (Lipinski definition) is 1. The number of rotatable bonds is 6. The maximum absolute atomic E-state index is 4.38. The van der Waals surface area contributed by atoms with E-state index in [1.165, 1.54) is 12.1 Å². The van der Waals surface area contributed by atoms with Crippen LogP contribution in [0.15, 0.2) is 6.33 Å². The Labute approximate surface area is 99.3 Å². The topological polar surface area (TPSA) is 29.9 Å². The second kappa shape index (κ2) is 6.04. The molecule has 1 aromatic rings. The highest BCUT2D eigenvalue weighted by atomic mass is 15.1. The van der Waals surface area contributed by atoms with Crippen molar-refractivity contribution in [1.82, 2.24) is 14.9 Å². The van der Waals surface area contributed by atoms with Crippen molar-refractivity contribution < 1.29 is 0 Å². The summed E-state index contributed by atoms with van der Waals surface area (Å²) in [5.41, 5.74) is 2.43. The molecule has 1 rings (SSSR count). The van der Waals surface area contributed by atoms with Gasteiger partial charge in [-0.15, -0.1) is 0 Å². The molecule has 0 aliphatic heterocycles. The zero-order chi connectivity index (χ0) is 12.1. The highest BCUT2D eigenvalue weighted by molar-refractivity contribution is 5.10. The Kier molecular flexibility index (Phi) is 5.00. The molecule has 0 fully saturated rings. The third-order valence-corrected chi connectivity index (χ3v) is 3.19. The lowest BCUT2D eigenvalue weighted by Crippen LogP contribution is -2.29. The number of aromatic nitrogens is 2. The molecule has 3 heteroatoms. The maximum atomic E-state index is 4.38. The van der Waals surface area contributed by atoms with Crippen LogP contribution in [0, 0.1) is 19.8 Å². The first-order chi connectivity index (χ1) is 7.57. The number of nitrogens with one attached hydrogen (secondary N) is 1. The number of aryl methyl sites for hydroxylation is 1. The van der Waals surface area contributed by atoms with Crippen LogP contribution in [-0.4, -0.2) is 22.6 Å². The molecular weight excluding hydrogens is 198 g/mol. The average Bonchev–Trinajstić information content (AvgIpc) is 2.55. The third-order valence-electron chi connectivity index (χ3n) is 3.19. The van der Waals surface area contributed by atoms with Crippen LogP contribution in [0.3, 0.4) is 0 Å². The van der Waals surface area contributed by atoms with E-state index in [9.17, 15) is 0 Å². The molecule has 0 amide bonds. The van der Waals surface area contributed by atoms with Crippen LogP contribution in [0.4, 0.5) is 0 Å². The number of imidazole rings is 1. The Hall–Kier alpha value is -0.830. The van der Waals surface area contributed by atoms with Gasteiger partial charge in [-0.25, -0.2) is 4.98 Å². The van der Waals surface area contributed by atoms with Crippen LogP contribution < -0.4 is 5.32 Å². The van der Waals surface area contributed by atoms with E-state index in [1.54, 1.807) is 0 Å². The van der Waals surface area contributed by atoms with Crippen LogP contribution in [0.5, 0.6) is 0 Å². The van der Waals surface area contributed by atoms with Crippen molar-refractivity contribution in [2.75, 3.05) is 13.1 Å². The highest BCUT2D eigenvalue weighted by Gasteiger charge is 2.17. The van der Waals surface area contributed by atoms with E-state index in [1.807, 2.05) is 6.33 Å². The summed E-state index contributed by atoms with van der Waals surface area (Å²) in [6, 6.07) is 0.507. The normalized spacial score (nSPS) is 13.4. The Bertz CT molecular complexity index is 315. The van der Waals surface area contributed by atoms with Crippen molar-refractivity contribution in [2.24, 2.45) is 5.92 Å². The summed E-state index contributed by atoms with van der Waals surface area (Å²) in [7, 11) is 0. The van der Waals surface area contributed by atoms with Gasteiger partial charge in [-0.3, -0.25) is 0 Å². The fourth-order valence-corrected chi connectivity index (χ4v) is 1.93. The van der Waals surface area contributed by atoms with Crippen LogP contribution in [0.2, 0.25) is 0 Å². The van der Waals surface area contributed by atoms with Gasteiger partial charge in [-0.2, -0.15) is 0 Å². The SMILES string of the molecule is CCCNCC(C(C)C)n1cnc(C)c1C. The van der Waals surface area contributed by atoms with Gasteiger partial charge in [0, 0.05) is 18.3 Å². The van der Waals surface area contributed by atoms with Gasteiger partial charge in [0.2, 0.25) is 0 Å². The molecule has 0 saturated carbocycles. The van der Waals surface area contributed by atoms with Gasteiger partial charge in [0.05, 0.1) is 12.0 Å². The smallest absolute Gasteiger partial charge is 0.0954 e. The molecule has 1 heterocycles. The van der Waals surface area contributed by atoms with Crippen molar-refractivity contribution in [3.63, 3.8) is 0 Å². The predicted molar refractivity (Wildman–Crippen MR) is 68.7 cm³/mol. The molecule has 0 bridgehead atoms. The monoisotopic (exact) mass is 223 g/mol. The minimum absolute atomic E-state index is 0.507. The van der Waals surface area contributed by atoms with Crippen molar-refractivity contribution in [3.05, 3.63) is 17.7 Å². The quantitative estimate of drug-likeness (QED) is 0.751. The first kappa shape index (κ1) is 13.2. The van der Waals surface area contributed by atoms with E-state index in [0.29, 0.717) is 12.0 Å². The van der Waals surface area contributed by atoms with E-state index < -0.39 is 0 Å². The number of hydrogen-bond acceptors (Lipinski definition) is 2. The molecule has 1 N–H and O–H groups in total. The lowest BCUT2D eigenvalue weighted by Gasteiger charge is -2.24. The predicted octanol–water partition coefficient (Wildman–Crippen LogP) is 2.70. The van der Waals surface area contributed by atoms with Gasteiger partial charge in [0.1, 0.15) is 0 Å². The lowest BCUT2D eigenvalue weighted by atomic mass is 10.0. The van der Waals surface area contributed by atoms with E-state index in [4.69, 9.17) is 0 Å². The third kappa shape index (κ3) is 3.08. The largest absolute Gasteiger partial charge is 0.330 e. The average molecular weight is 223 g/mol. The fourth-order valence-electron chi connectivity index (χ4n) is 1.93. The summed E-state index contributed by atoms with van der Waals surface area (Å²) in [5.74, 6) is 0.622. The molecule has 16 heavy (non-hydrogen) atoms. The first-order valence-corrected chi connectivity index (χ1v) is 6.28. The van der Waals surface area contributed by atoms with Crippen molar-refractivity contribution in [1.29, 1.82) is 0 Å². The van der Waals surface area contributed by atoms with Crippen LogP contribution >= 0.6 is 0 Å². The molecular formula is C13H25N3. The van der Waals surface area contributed by atoms with Crippen LogP contribution in [-0.2, 0) is 0 Å². The lowest BCUT2D eigenvalue weighted by molar-refractivity contribution is 0.352. The second-order valence-electron chi connectivity index (χ2n) is 4.84. The molecule has 3 nitrogen and oxygen atoms in total. The summed E-state index contributed by atoms with van der Waals surface area (Å²) in [6.45, 7) is 13.1. The van der Waals surface area contributed by atoms with Crippen LogP contribution in [0.25, 0.3) is 0 Å². The van der Waals surface area contributed by atoms with E-state index in [-0.39, 0.29) is 0 Å². The van der Waals surface area contributed by atoms with Crippen molar-refractivity contribution >= 4 is 0 Å². The fraction of sp³-hybridized carbons (Fsp3) is 0.769. The molecule has 0 spiro atoms. The standard InChI is InChI=1S/C13H25N3/c1-6-7-14-8-13(10(2)3)16-9-15-11(4)12(16)5/h9-10,13-14H,6-8H2,1-5H3. The van der Waals surface area contributed by atoms with Gasteiger partial charge in [0.15, 0.2) is 0 Å². The minimum Gasteiger partial charge on any atom is -0.330 e. The Morgan fingerprint density at radius 2 is 2.06 bits per heavy atom. The summed E-state index contributed by atoms with van der Waals surface area (Å²) in [5, 5.41) is 3.50. The Morgan fingerprint density at radius 1 is 1.38 bits per heavy atom. The maximum Gasteiger partial charge on any atom is 0.0954 e. The Morgan fingerprint density at radius 3 is 2.50 bits per heavy atom. The zero-order valence-corrected chi connectivity index (χ0v) is 11.2. The zero-order valence-electron chi connectivity index (χ0n) is 11.2. The molecule has 1 aromatic heterocycles. The molecule has 0 radical (unpaired) electrons. The van der Waals surface area contributed by atoms with Crippen molar-refractivity contribution in [2.45, 2.75) is 47.1 Å². The van der Waals surface area contributed by atoms with E-state index in [0.717, 1.165) is 18.8 Å². The highest BCUT2D eigenvalue weighted by Crippen LogP contribution is 2.20. The minimum atomic E-state index is 0.507. The summed E-state index contributed by atoms with van der Waals surface area (Å²) >= 11 is 0. The van der Waals surface area contributed by atoms with E-state index >= 15 is 0 Å². The molecule has 0 saturated heterocycles. The van der Waals surface area contributed by atoms with Crippen LogP contribution in [0.1, 0.15) is 44.6 Å². The molecule has 0 aliphatic carbocycles. The number of nitrogens with zero attached hydrogens (tertiary/aromatic N) is 2. The second-order valence-corrected chi connectivity index (χ2v) is 4.84. The van der Waals surface area contributed by atoms with Gasteiger partial charge in [0.25, 0.3) is 0 Å². The molecule has 0 aromatic carbocycles. The molecule has 1 atom stereocenters. The Balaban J connectivity index is 2.73. The summed E-state index contributed by atoms with van der Waals surface area (Å²) in [4.78, 5) is 4.38. The van der Waals surface area contributed by atoms with Crippen molar-refractivity contribution in [3.8, 4) is 0 Å². The molecule has 92 valence electrons. The van der Waals surface area contributed by atoms with Gasteiger partial charge in [-0.05, 0) is 32.7 Å². The van der Waals surface area contributed by atoms with E-state index in [2.05, 4.69) is 49.5 Å². The van der Waals surface area contributed by atoms with Gasteiger partial charge < -0.3 is 9.88 Å².